The third-order valence-corrected chi connectivity index (χ3v) is 6.54. The normalized spacial score (nSPS) is 16.0. The van der Waals surface area contributed by atoms with E-state index >= 15 is 0 Å². The number of aromatic amines is 1. The third kappa shape index (κ3) is 6.10. The topological polar surface area (TPSA) is 86.8 Å². The van der Waals surface area contributed by atoms with E-state index < -0.39 is 5.82 Å². The van der Waals surface area contributed by atoms with Gasteiger partial charge in [0.05, 0.1) is 17.3 Å². The van der Waals surface area contributed by atoms with Crippen molar-refractivity contribution in [2.75, 3.05) is 5.32 Å². The summed E-state index contributed by atoms with van der Waals surface area (Å²) in [7, 11) is 0. The Morgan fingerprint density at radius 2 is 2.06 bits per heavy atom. The largest absolute Gasteiger partial charge is 0.365 e. The van der Waals surface area contributed by atoms with E-state index in [-0.39, 0.29) is 23.8 Å². The Labute approximate surface area is 215 Å². The molecule has 3 aromatic heterocycles. The number of nitrogens with one attached hydrogen (secondary N) is 2. The molecule has 4 rings (SSSR count). The lowest BCUT2D eigenvalue weighted by molar-refractivity contribution is -0.130. The van der Waals surface area contributed by atoms with Crippen LogP contribution in [0.5, 0.6) is 0 Å². The maximum absolute atomic E-state index is 14.9. The Bertz CT molecular complexity index is 1260. The molecule has 0 fully saturated rings. The summed E-state index contributed by atoms with van der Waals surface area (Å²) in [5, 5.41) is 4.58. The lowest BCUT2D eigenvalue weighted by Crippen LogP contribution is -2.39. The van der Waals surface area contributed by atoms with Gasteiger partial charge in [-0.15, -0.1) is 0 Å². The molecule has 7 nitrogen and oxygen atoms in total. The number of rotatable bonds is 11. The lowest BCUT2D eigenvalue weighted by Gasteiger charge is -2.32. The number of amides is 1. The number of aromatic nitrogens is 4. The standard InChI is InChI=1S/C27H32ClFN6O/c1-3-5-9-19(14-20-10-7-8-12-35(20)24(36)11-6-4-2)33-27-23(29)17-32-26(34-27)22-16-31-25-21(22)13-18(28)15-30-25/h7-8,10,12-13,15-17,19-20H,3-6,9,11,14H2,1-2H3,(H,30,31)(H,32,33,34)/t19?,20-/m0/s1. The van der Waals surface area contributed by atoms with Crippen molar-refractivity contribution in [2.45, 2.75) is 70.9 Å². The van der Waals surface area contributed by atoms with Gasteiger partial charge in [-0.1, -0.05) is 56.9 Å². The minimum absolute atomic E-state index is 0.0797. The average molecular weight is 511 g/mol. The summed E-state index contributed by atoms with van der Waals surface area (Å²) in [6.07, 6.45) is 18.0. The molecule has 0 saturated carbocycles. The number of hydrogen-bond donors (Lipinski definition) is 2. The summed E-state index contributed by atoms with van der Waals surface area (Å²) >= 11 is 6.14. The van der Waals surface area contributed by atoms with Gasteiger partial charge in [0.2, 0.25) is 5.91 Å². The summed E-state index contributed by atoms with van der Waals surface area (Å²) < 4.78 is 14.9. The zero-order valence-corrected chi connectivity index (χ0v) is 21.4. The monoisotopic (exact) mass is 510 g/mol. The van der Waals surface area contributed by atoms with Gasteiger partial charge < -0.3 is 15.2 Å². The van der Waals surface area contributed by atoms with E-state index in [1.807, 2.05) is 24.4 Å². The number of nitrogens with zero attached hydrogens (tertiary/aromatic N) is 4. The van der Waals surface area contributed by atoms with E-state index in [2.05, 4.69) is 39.1 Å². The van der Waals surface area contributed by atoms with E-state index in [4.69, 9.17) is 11.6 Å². The maximum atomic E-state index is 14.9. The number of fused-ring (bicyclic) bond motifs is 1. The Balaban J connectivity index is 1.57. The summed E-state index contributed by atoms with van der Waals surface area (Å²) in [5.74, 6) is 0.106. The molecule has 0 aromatic carbocycles. The SMILES string of the molecule is CCCCC(=O)N1C=CC=C[C@H]1CC(CCCC)Nc1nc(-c2c[nH]c3ncc(Cl)cc23)ncc1F. The number of H-pyrrole nitrogens is 1. The van der Waals surface area contributed by atoms with Gasteiger partial charge in [0, 0.05) is 42.0 Å². The number of hydrogen-bond acceptors (Lipinski definition) is 5. The first-order chi connectivity index (χ1) is 17.5. The Kier molecular flexibility index (Phi) is 8.70. The summed E-state index contributed by atoms with van der Waals surface area (Å²) in [4.78, 5) is 30.7. The molecule has 36 heavy (non-hydrogen) atoms. The van der Waals surface area contributed by atoms with Crippen LogP contribution < -0.4 is 5.32 Å². The van der Waals surface area contributed by atoms with Crippen LogP contribution in [0.4, 0.5) is 10.2 Å². The summed E-state index contributed by atoms with van der Waals surface area (Å²) in [6, 6.07) is 1.61. The van der Waals surface area contributed by atoms with E-state index in [1.165, 1.54) is 6.20 Å². The first-order valence-electron chi connectivity index (χ1n) is 12.6. The second-order valence-electron chi connectivity index (χ2n) is 9.06. The molecule has 0 aliphatic carbocycles. The van der Waals surface area contributed by atoms with Gasteiger partial charge in [0.25, 0.3) is 0 Å². The number of anilines is 1. The fourth-order valence-corrected chi connectivity index (χ4v) is 4.56. The van der Waals surface area contributed by atoms with Gasteiger partial charge in [0.15, 0.2) is 17.5 Å². The highest BCUT2D eigenvalue weighted by Crippen LogP contribution is 2.29. The minimum atomic E-state index is -0.522. The number of pyridine rings is 1. The molecule has 0 bridgehead atoms. The van der Waals surface area contributed by atoms with Crippen molar-refractivity contribution in [3.8, 4) is 11.4 Å². The third-order valence-electron chi connectivity index (χ3n) is 6.34. The number of halogens is 2. The molecule has 0 spiro atoms. The molecule has 2 atom stereocenters. The van der Waals surface area contributed by atoms with Crippen LogP contribution in [0, 0.1) is 5.82 Å². The van der Waals surface area contributed by atoms with Crippen LogP contribution in [0.25, 0.3) is 22.4 Å². The smallest absolute Gasteiger partial charge is 0.227 e. The van der Waals surface area contributed by atoms with Crippen LogP contribution in [0.15, 0.2) is 49.1 Å². The van der Waals surface area contributed by atoms with Crippen molar-refractivity contribution in [3.05, 3.63) is 59.9 Å². The average Bonchev–Trinajstić information content (AvgIpc) is 3.30. The lowest BCUT2D eigenvalue weighted by atomic mass is 9.98. The van der Waals surface area contributed by atoms with Gasteiger partial charge in [-0.05, 0) is 31.4 Å². The molecule has 9 heteroatoms. The van der Waals surface area contributed by atoms with Gasteiger partial charge in [-0.2, -0.15) is 0 Å². The van der Waals surface area contributed by atoms with Crippen molar-refractivity contribution in [1.82, 2.24) is 24.8 Å². The molecule has 2 N–H and O–H groups in total. The van der Waals surface area contributed by atoms with E-state index in [0.717, 1.165) is 37.5 Å². The Hall–Kier alpha value is -3.26. The zero-order valence-electron chi connectivity index (χ0n) is 20.7. The molecule has 1 amide bonds. The summed E-state index contributed by atoms with van der Waals surface area (Å²) in [6.45, 7) is 4.20. The predicted molar refractivity (Wildman–Crippen MR) is 142 cm³/mol. The molecule has 1 unspecified atom stereocenters. The predicted octanol–water partition coefficient (Wildman–Crippen LogP) is 6.64. The molecule has 190 valence electrons. The molecule has 1 aliphatic rings. The number of carbonyl (C=O) groups excluding carboxylic acids is 1. The van der Waals surface area contributed by atoms with Crippen LogP contribution in [0.1, 0.15) is 58.8 Å². The Morgan fingerprint density at radius 1 is 1.22 bits per heavy atom. The molecule has 0 radical (unpaired) electrons. The van der Waals surface area contributed by atoms with Crippen LogP contribution in [0.2, 0.25) is 5.02 Å². The zero-order chi connectivity index (χ0) is 25.5. The fourth-order valence-electron chi connectivity index (χ4n) is 4.40. The van der Waals surface area contributed by atoms with Crippen molar-refractivity contribution in [3.63, 3.8) is 0 Å². The van der Waals surface area contributed by atoms with Crippen LogP contribution in [-0.4, -0.2) is 42.8 Å². The highest BCUT2D eigenvalue weighted by Gasteiger charge is 2.25. The number of unbranched alkanes of at least 4 members (excludes halogenated alkanes) is 2. The van der Waals surface area contributed by atoms with Gasteiger partial charge >= 0.3 is 0 Å². The molecule has 1 aliphatic heterocycles. The van der Waals surface area contributed by atoms with Gasteiger partial charge in [-0.25, -0.2) is 19.3 Å². The maximum Gasteiger partial charge on any atom is 0.227 e. The molecular formula is C27H32ClFN6O. The van der Waals surface area contributed by atoms with Gasteiger partial charge in [-0.3, -0.25) is 4.79 Å². The van der Waals surface area contributed by atoms with Crippen LogP contribution in [0.3, 0.4) is 0 Å². The van der Waals surface area contributed by atoms with E-state index in [0.29, 0.717) is 34.9 Å². The Morgan fingerprint density at radius 3 is 2.86 bits per heavy atom. The van der Waals surface area contributed by atoms with Crippen molar-refractivity contribution in [1.29, 1.82) is 0 Å². The number of carbonyl (C=O) groups is 1. The first kappa shape index (κ1) is 25.8. The van der Waals surface area contributed by atoms with E-state index in [1.54, 1.807) is 23.4 Å². The highest BCUT2D eigenvalue weighted by atomic mass is 35.5. The van der Waals surface area contributed by atoms with Crippen molar-refractivity contribution >= 4 is 34.4 Å². The molecule has 4 heterocycles. The first-order valence-corrected chi connectivity index (χ1v) is 13.0. The summed E-state index contributed by atoms with van der Waals surface area (Å²) in [5.41, 5.74) is 1.35. The fraction of sp³-hybridized carbons (Fsp3) is 0.407. The van der Waals surface area contributed by atoms with Crippen LogP contribution in [-0.2, 0) is 4.79 Å². The molecule has 3 aromatic rings. The molecule has 0 saturated heterocycles. The van der Waals surface area contributed by atoms with Crippen molar-refractivity contribution < 1.29 is 9.18 Å². The molecular weight excluding hydrogens is 479 g/mol. The quantitative estimate of drug-likeness (QED) is 0.302. The van der Waals surface area contributed by atoms with Gasteiger partial charge in [0.1, 0.15) is 5.65 Å². The second kappa shape index (κ2) is 12.1. The second-order valence-corrected chi connectivity index (χ2v) is 9.50. The van der Waals surface area contributed by atoms with E-state index in [9.17, 15) is 9.18 Å². The number of allylic oxidation sites excluding steroid dienone is 2. The minimum Gasteiger partial charge on any atom is -0.365 e. The highest BCUT2D eigenvalue weighted by molar-refractivity contribution is 6.31. The van der Waals surface area contributed by atoms with Crippen molar-refractivity contribution in [2.24, 2.45) is 0 Å². The van der Waals surface area contributed by atoms with Crippen LogP contribution >= 0.6 is 11.6 Å².